The van der Waals surface area contributed by atoms with Crippen LogP contribution in [0.25, 0.3) is 0 Å². The lowest BCUT2D eigenvalue weighted by atomic mass is 9.82. The number of fused-ring (bicyclic) bond motifs is 1. The van der Waals surface area contributed by atoms with Gasteiger partial charge >= 0.3 is 5.97 Å². The Bertz CT molecular complexity index is 739. The summed E-state index contributed by atoms with van der Waals surface area (Å²) >= 11 is 0. The van der Waals surface area contributed by atoms with Crippen LogP contribution in [0.3, 0.4) is 0 Å². The van der Waals surface area contributed by atoms with Crippen LogP contribution in [0.1, 0.15) is 18.9 Å². The van der Waals surface area contributed by atoms with Gasteiger partial charge in [-0.05, 0) is 13.3 Å². The molecule has 2 aliphatic heterocycles. The Balaban J connectivity index is 2.07. The van der Waals surface area contributed by atoms with E-state index in [1.54, 1.807) is 19.1 Å². The third-order valence-electron chi connectivity index (χ3n) is 4.45. The number of carboxylic acid groups (broad SMARTS) is 1. The number of benzene rings is 1. The van der Waals surface area contributed by atoms with Crippen molar-refractivity contribution >= 4 is 17.6 Å². The Labute approximate surface area is 138 Å². The van der Waals surface area contributed by atoms with Crippen molar-refractivity contribution in [1.82, 2.24) is 4.90 Å². The molecule has 1 fully saturated rings. The molecule has 7 heteroatoms. The Morgan fingerprint density at radius 2 is 2.04 bits per heavy atom. The van der Waals surface area contributed by atoms with Gasteiger partial charge in [0.15, 0.2) is 0 Å². The number of carboxylic acids is 1. The summed E-state index contributed by atoms with van der Waals surface area (Å²) in [5, 5.41) is 23.4. The predicted octanol–water partition coefficient (Wildman–Crippen LogP) is 0.987. The van der Waals surface area contributed by atoms with Crippen LogP contribution in [-0.2, 0) is 14.4 Å². The van der Waals surface area contributed by atoms with Gasteiger partial charge in [-0.15, -0.1) is 0 Å². The predicted molar refractivity (Wildman–Crippen MR) is 85.1 cm³/mol. The number of amides is 1. The summed E-state index contributed by atoms with van der Waals surface area (Å²) in [5.74, 6) is -2.15. The Morgan fingerprint density at radius 3 is 2.58 bits per heavy atom. The van der Waals surface area contributed by atoms with Crippen molar-refractivity contribution in [3.8, 4) is 0 Å². The molecular formula is C17H18N2O5. The van der Waals surface area contributed by atoms with Crippen molar-refractivity contribution in [1.29, 1.82) is 0 Å². The number of aliphatic carboxylic acids is 1. The van der Waals surface area contributed by atoms with Gasteiger partial charge < -0.3 is 20.0 Å². The maximum Gasteiger partial charge on any atom is 0.352 e. The highest BCUT2D eigenvalue weighted by molar-refractivity contribution is 6.17. The van der Waals surface area contributed by atoms with Gasteiger partial charge in [-0.2, -0.15) is 0 Å². The van der Waals surface area contributed by atoms with Gasteiger partial charge in [-0.25, -0.2) is 4.79 Å². The minimum atomic E-state index is -1.19. The van der Waals surface area contributed by atoms with Crippen LogP contribution in [0, 0.1) is 5.92 Å². The Hall–Kier alpha value is -2.67. The minimum absolute atomic E-state index is 0.0819. The second kappa shape index (κ2) is 6.09. The molecule has 0 unspecified atom stereocenters. The van der Waals surface area contributed by atoms with Crippen LogP contribution in [-0.4, -0.2) is 52.0 Å². The molecule has 0 spiro atoms. The van der Waals surface area contributed by atoms with Gasteiger partial charge in [-0.1, -0.05) is 35.5 Å². The number of carbonyl (C=O) groups excluding carboxylic acids is 1. The van der Waals surface area contributed by atoms with Crippen molar-refractivity contribution in [2.45, 2.75) is 25.5 Å². The van der Waals surface area contributed by atoms with Gasteiger partial charge in [0.25, 0.3) is 0 Å². The van der Waals surface area contributed by atoms with E-state index in [0.717, 1.165) is 0 Å². The zero-order valence-corrected chi connectivity index (χ0v) is 13.3. The molecule has 0 radical (unpaired) electrons. The molecule has 0 aliphatic carbocycles. The first kappa shape index (κ1) is 16.2. The Kier molecular flexibility index (Phi) is 4.11. The summed E-state index contributed by atoms with van der Waals surface area (Å²) in [5.41, 5.74) is 1.46. The number of carbonyl (C=O) groups is 2. The van der Waals surface area contributed by atoms with Crippen molar-refractivity contribution in [2.24, 2.45) is 11.1 Å². The summed E-state index contributed by atoms with van der Waals surface area (Å²) in [6.07, 6.45) is -0.507. The van der Waals surface area contributed by atoms with Gasteiger partial charge in [0, 0.05) is 11.1 Å². The van der Waals surface area contributed by atoms with Gasteiger partial charge in [-0.3, -0.25) is 4.79 Å². The van der Waals surface area contributed by atoms with E-state index in [1.807, 2.05) is 18.2 Å². The molecule has 1 saturated heterocycles. The monoisotopic (exact) mass is 330 g/mol. The summed E-state index contributed by atoms with van der Waals surface area (Å²) in [7, 11) is 1.39. The van der Waals surface area contributed by atoms with E-state index in [-0.39, 0.29) is 17.6 Å². The van der Waals surface area contributed by atoms with Crippen molar-refractivity contribution < 1.29 is 24.6 Å². The molecule has 7 nitrogen and oxygen atoms in total. The fourth-order valence-electron chi connectivity index (χ4n) is 3.45. The highest BCUT2D eigenvalue weighted by Gasteiger charge is 2.57. The van der Waals surface area contributed by atoms with Crippen LogP contribution in [0.15, 0.2) is 46.8 Å². The number of rotatable bonds is 5. The van der Waals surface area contributed by atoms with Gasteiger partial charge in [0.1, 0.15) is 18.5 Å². The Morgan fingerprint density at radius 1 is 1.38 bits per heavy atom. The number of hydrogen-bond acceptors (Lipinski definition) is 5. The van der Waals surface area contributed by atoms with Crippen LogP contribution in [0.5, 0.6) is 0 Å². The molecule has 1 amide bonds. The van der Waals surface area contributed by atoms with Crippen molar-refractivity contribution in [3.05, 3.63) is 47.2 Å². The molecule has 0 bridgehead atoms. The van der Waals surface area contributed by atoms with Gasteiger partial charge in [0.05, 0.1) is 18.1 Å². The summed E-state index contributed by atoms with van der Waals surface area (Å²) in [6, 6.07) is 8.71. The maximum absolute atomic E-state index is 12.3. The van der Waals surface area contributed by atoms with Crippen LogP contribution < -0.4 is 0 Å². The highest BCUT2D eigenvalue weighted by atomic mass is 16.6. The van der Waals surface area contributed by atoms with Crippen LogP contribution in [0.4, 0.5) is 0 Å². The normalized spacial score (nSPS) is 24.5. The summed E-state index contributed by atoms with van der Waals surface area (Å²) in [6.45, 7) is 1.54. The standard InChI is InChI=1S/C17H18N2O5/c1-9(20)13-12-8-11(15(17(22)23)19(12)16(13)21)14(18-24-2)10-6-4-3-5-7-10/h3-7,9,12-13,20H,8H2,1-2H3,(H,22,23)/b18-14-/t9-,12-,13-/m1/s1. The third kappa shape index (κ3) is 2.37. The van der Waals surface area contributed by atoms with E-state index in [9.17, 15) is 19.8 Å². The van der Waals surface area contributed by atoms with E-state index in [4.69, 9.17) is 4.84 Å². The molecule has 1 aromatic carbocycles. The SMILES string of the molecule is CO/N=C(\C1=C(C(=O)O)N2C(=O)[C@H]([C@@H](C)O)[C@H]2C1)c1ccccc1. The van der Waals surface area contributed by atoms with Crippen LogP contribution >= 0.6 is 0 Å². The van der Waals surface area contributed by atoms with Crippen molar-refractivity contribution in [2.75, 3.05) is 7.11 Å². The molecule has 3 atom stereocenters. The number of hydrogen-bond donors (Lipinski definition) is 2. The maximum atomic E-state index is 12.3. The molecule has 1 aromatic rings. The largest absolute Gasteiger partial charge is 0.477 e. The molecule has 2 heterocycles. The first-order chi connectivity index (χ1) is 11.5. The minimum Gasteiger partial charge on any atom is -0.477 e. The molecule has 126 valence electrons. The average molecular weight is 330 g/mol. The van der Waals surface area contributed by atoms with Crippen molar-refractivity contribution in [3.63, 3.8) is 0 Å². The lowest BCUT2D eigenvalue weighted by Crippen LogP contribution is -2.61. The second-order valence-corrected chi connectivity index (χ2v) is 5.87. The average Bonchev–Trinajstić information content (AvgIpc) is 2.88. The second-order valence-electron chi connectivity index (χ2n) is 5.87. The fourth-order valence-corrected chi connectivity index (χ4v) is 3.45. The summed E-state index contributed by atoms with van der Waals surface area (Å²) < 4.78 is 0. The molecule has 0 saturated carbocycles. The van der Waals surface area contributed by atoms with E-state index in [2.05, 4.69) is 5.16 Å². The third-order valence-corrected chi connectivity index (χ3v) is 4.45. The quantitative estimate of drug-likeness (QED) is 0.476. The zero-order chi connectivity index (χ0) is 17.4. The lowest BCUT2D eigenvalue weighted by molar-refractivity contribution is -0.161. The number of aliphatic hydroxyl groups is 1. The number of oxime groups is 1. The van der Waals surface area contributed by atoms with E-state index < -0.39 is 18.0 Å². The molecule has 2 N–H and O–H groups in total. The van der Waals surface area contributed by atoms with E-state index >= 15 is 0 Å². The molecule has 2 aliphatic rings. The number of aliphatic hydroxyl groups excluding tert-OH is 1. The van der Waals surface area contributed by atoms with Crippen LogP contribution in [0.2, 0.25) is 0 Å². The lowest BCUT2D eigenvalue weighted by Gasteiger charge is -2.44. The summed E-state index contributed by atoms with van der Waals surface area (Å²) in [4.78, 5) is 30.2. The topological polar surface area (TPSA) is 99.4 Å². The zero-order valence-electron chi connectivity index (χ0n) is 13.3. The molecule has 0 aromatic heterocycles. The number of nitrogens with zero attached hydrogens (tertiary/aromatic N) is 2. The molecule has 24 heavy (non-hydrogen) atoms. The van der Waals surface area contributed by atoms with Gasteiger partial charge in [0.2, 0.25) is 5.91 Å². The van der Waals surface area contributed by atoms with E-state index in [0.29, 0.717) is 23.3 Å². The fraction of sp³-hybridized carbons (Fsp3) is 0.353. The highest BCUT2D eigenvalue weighted by Crippen LogP contribution is 2.44. The smallest absolute Gasteiger partial charge is 0.352 e. The first-order valence-electron chi connectivity index (χ1n) is 7.62. The first-order valence-corrected chi connectivity index (χ1v) is 7.62. The molecular weight excluding hydrogens is 312 g/mol. The van der Waals surface area contributed by atoms with E-state index in [1.165, 1.54) is 12.0 Å². The number of β-lactam (4-membered cyclic amide) rings is 1. The molecule has 3 rings (SSSR count).